The van der Waals surface area contributed by atoms with Crippen molar-refractivity contribution in [1.29, 1.82) is 0 Å². The summed E-state index contributed by atoms with van der Waals surface area (Å²) in [6.07, 6.45) is 1.78. The van der Waals surface area contributed by atoms with Gasteiger partial charge in [0.25, 0.3) is 5.56 Å². The normalized spacial score (nSPS) is 14.4. The molecule has 1 atom stereocenters. The third-order valence-electron chi connectivity index (χ3n) is 7.26. The second-order valence-corrected chi connectivity index (χ2v) is 13.1. The molecule has 0 radical (unpaired) electrons. The molecule has 0 aliphatic carbocycles. The molecule has 5 rings (SSSR count). The molecule has 2 heterocycles. The zero-order valence-corrected chi connectivity index (χ0v) is 30.6. The van der Waals surface area contributed by atoms with E-state index in [1.54, 1.807) is 39.2 Å². The molecule has 9 nitrogen and oxygen atoms in total. The summed E-state index contributed by atoms with van der Waals surface area (Å²) in [5.74, 6) is 1.47. The number of nitrogens with zero attached hydrogens (tertiary/aromatic N) is 2. The lowest BCUT2D eigenvalue weighted by Crippen LogP contribution is -2.40. The maximum Gasteiger partial charge on any atom is 0.338 e. The number of fused-ring (bicyclic) bond motifs is 1. The van der Waals surface area contributed by atoms with Crippen molar-refractivity contribution in [3.63, 3.8) is 0 Å². The van der Waals surface area contributed by atoms with E-state index < -0.39 is 12.0 Å². The number of allylic oxidation sites excluding steroid dienone is 1. The van der Waals surface area contributed by atoms with Crippen LogP contribution in [0, 0.1) is 0 Å². The van der Waals surface area contributed by atoms with Crippen LogP contribution in [0.4, 0.5) is 0 Å². The van der Waals surface area contributed by atoms with Crippen molar-refractivity contribution in [3.8, 4) is 23.0 Å². The molecule has 246 valence electrons. The molecule has 0 unspecified atom stereocenters. The van der Waals surface area contributed by atoms with Crippen molar-refractivity contribution in [2.24, 2.45) is 4.99 Å². The van der Waals surface area contributed by atoms with Gasteiger partial charge in [0.1, 0.15) is 12.6 Å². The molecule has 47 heavy (non-hydrogen) atoms. The average molecular weight is 787 g/mol. The van der Waals surface area contributed by atoms with E-state index in [2.05, 4.69) is 31.9 Å². The summed E-state index contributed by atoms with van der Waals surface area (Å²) >= 11 is 8.34. The van der Waals surface area contributed by atoms with Crippen LogP contribution in [0.1, 0.15) is 50.4 Å². The van der Waals surface area contributed by atoms with Gasteiger partial charge >= 0.3 is 5.97 Å². The summed E-state index contributed by atoms with van der Waals surface area (Å²) in [4.78, 5) is 32.8. The molecule has 0 amide bonds. The first-order chi connectivity index (χ1) is 22.7. The molecule has 1 aliphatic heterocycles. The van der Waals surface area contributed by atoms with Gasteiger partial charge in [-0.25, -0.2) is 9.79 Å². The molecule has 0 spiro atoms. The maximum absolute atomic E-state index is 14.3. The van der Waals surface area contributed by atoms with E-state index in [0.29, 0.717) is 67.9 Å². The molecule has 0 fully saturated rings. The first kappa shape index (κ1) is 34.5. The van der Waals surface area contributed by atoms with Crippen LogP contribution >= 0.6 is 43.2 Å². The van der Waals surface area contributed by atoms with Gasteiger partial charge < -0.3 is 23.7 Å². The molecule has 3 aromatic carbocycles. The Morgan fingerprint density at radius 3 is 2.38 bits per heavy atom. The highest BCUT2D eigenvalue weighted by atomic mass is 79.9. The van der Waals surface area contributed by atoms with Crippen LogP contribution in [0.15, 0.2) is 84.6 Å². The van der Waals surface area contributed by atoms with Crippen LogP contribution in [0.2, 0.25) is 0 Å². The lowest BCUT2D eigenvalue weighted by Gasteiger charge is -2.26. The summed E-state index contributed by atoms with van der Waals surface area (Å²) in [5.41, 5.74) is 2.71. The summed E-state index contributed by atoms with van der Waals surface area (Å²) in [6.45, 7) is 8.54. The topological polar surface area (TPSA) is 97.6 Å². The maximum atomic E-state index is 14.3. The quantitative estimate of drug-likeness (QED) is 0.148. The smallest absolute Gasteiger partial charge is 0.338 e. The van der Waals surface area contributed by atoms with Crippen molar-refractivity contribution < 1.29 is 28.5 Å². The molecule has 0 N–H and O–H groups in total. The number of para-hydroxylation sites is 1. The molecule has 0 saturated heterocycles. The molecular weight excluding hydrogens is 752 g/mol. The Hall–Kier alpha value is -3.87. The van der Waals surface area contributed by atoms with Gasteiger partial charge in [-0.3, -0.25) is 9.36 Å². The first-order valence-electron chi connectivity index (χ1n) is 15.0. The lowest BCUT2D eigenvalue weighted by molar-refractivity contribution is -0.139. The lowest BCUT2D eigenvalue weighted by atomic mass is 9.94. The third-order valence-corrected chi connectivity index (χ3v) is 9.36. The number of methoxy groups -OCH3 is 1. The standard InChI is InChI=1S/C35H34Br2N2O7S/c1-6-43-27-17-22(16-25(37)32(27)46-19-21-12-14-23(36)15-13-21)18-28-33(40)39-30(24-10-9-11-26(42-5)31(24)44-7-2)29(34(41)45-8-3)20(4)38-35(39)47-28/h9-18,30H,6-8,19H2,1-5H3/b28-18+/t30-/m0/s1. The number of hydrogen-bond donors (Lipinski definition) is 0. The fourth-order valence-corrected chi connectivity index (χ4v) is 7.14. The van der Waals surface area contributed by atoms with Crippen molar-refractivity contribution >= 4 is 55.2 Å². The van der Waals surface area contributed by atoms with Gasteiger partial charge in [0.05, 0.1) is 47.2 Å². The zero-order chi connectivity index (χ0) is 33.7. The highest BCUT2D eigenvalue weighted by Gasteiger charge is 2.36. The monoisotopic (exact) mass is 784 g/mol. The zero-order valence-electron chi connectivity index (χ0n) is 26.6. The average Bonchev–Trinajstić information content (AvgIpc) is 3.35. The van der Waals surface area contributed by atoms with E-state index in [1.165, 1.54) is 15.9 Å². The Bertz CT molecular complexity index is 2000. The molecule has 1 aromatic heterocycles. The fourth-order valence-electron chi connectivity index (χ4n) is 5.26. The van der Waals surface area contributed by atoms with Crippen molar-refractivity contribution in [2.45, 2.75) is 40.3 Å². The van der Waals surface area contributed by atoms with Gasteiger partial charge in [0.2, 0.25) is 0 Å². The van der Waals surface area contributed by atoms with Crippen LogP contribution in [-0.2, 0) is 16.1 Å². The van der Waals surface area contributed by atoms with Gasteiger partial charge in [0.15, 0.2) is 27.8 Å². The minimum absolute atomic E-state index is 0.170. The number of carbonyl (C=O) groups is 1. The van der Waals surface area contributed by atoms with E-state index >= 15 is 0 Å². The SMILES string of the molecule is CCOC(=O)C1=C(C)N=c2s/c(=C/c3cc(Br)c(OCc4ccc(Br)cc4)c(OCC)c3)c(=O)n2[C@H]1c1cccc(OC)c1OCC. The Balaban J connectivity index is 1.63. The fraction of sp³-hybridized carbons (Fsp3) is 0.286. The first-order valence-corrected chi connectivity index (χ1v) is 17.4. The van der Waals surface area contributed by atoms with E-state index in [1.807, 2.05) is 56.3 Å². The summed E-state index contributed by atoms with van der Waals surface area (Å²) in [7, 11) is 1.55. The summed E-state index contributed by atoms with van der Waals surface area (Å²) in [5, 5.41) is 0. The Kier molecular flexibility index (Phi) is 11.3. The minimum atomic E-state index is -0.857. The third kappa shape index (κ3) is 7.34. The predicted octanol–water partition coefficient (Wildman–Crippen LogP) is 6.71. The van der Waals surface area contributed by atoms with Gasteiger partial charge in [-0.05, 0) is 91.2 Å². The van der Waals surface area contributed by atoms with Gasteiger partial charge in [0, 0.05) is 10.0 Å². The van der Waals surface area contributed by atoms with E-state index in [4.69, 9.17) is 28.7 Å². The number of benzene rings is 3. The number of esters is 1. The van der Waals surface area contributed by atoms with E-state index in [0.717, 1.165) is 15.6 Å². The Labute approximate surface area is 293 Å². The summed E-state index contributed by atoms with van der Waals surface area (Å²) < 4.78 is 32.8. The Morgan fingerprint density at radius 1 is 0.957 bits per heavy atom. The van der Waals surface area contributed by atoms with Crippen LogP contribution in [-0.4, -0.2) is 37.5 Å². The van der Waals surface area contributed by atoms with Crippen LogP contribution < -0.4 is 33.8 Å². The number of carbonyl (C=O) groups excluding carboxylic acids is 1. The molecule has 0 bridgehead atoms. The van der Waals surface area contributed by atoms with Gasteiger partial charge in [-0.2, -0.15) is 0 Å². The van der Waals surface area contributed by atoms with Crippen LogP contribution in [0.25, 0.3) is 6.08 Å². The highest BCUT2D eigenvalue weighted by Crippen LogP contribution is 2.41. The van der Waals surface area contributed by atoms with Crippen molar-refractivity contribution in [3.05, 3.63) is 111 Å². The van der Waals surface area contributed by atoms with E-state index in [9.17, 15) is 9.59 Å². The predicted molar refractivity (Wildman–Crippen MR) is 188 cm³/mol. The van der Waals surface area contributed by atoms with Crippen LogP contribution in [0.5, 0.6) is 23.0 Å². The van der Waals surface area contributed by atoms with E-state index in [-0.39, 0.29) is 17.7 Å². The Morgan fingerprint density at radius 2 is 1.70 bits per heavy atom. The molecule has 0 saturated carbocycles. The number of hydrogen-bond acceptors (Lipinski definition) is 9. The summed E-state index contributed by atoms with van der Waals surface area (Å²) in [6, 6.07) is 16.2. The molecule has 1 aliphatic rings. The minimum Gasteiger partial charge on any atom is -0.493 e. The second-order valence-electron chi connectivity index (χ2n) is 10.3. The second kappa shape index (κ2) is 15.4. The van der Waals surface area contributed by atoms with Crippen molar-refractivity contribution in [1.82, 2.24) is 4.57 Å². The number of aromatic nitrogens is 1. The van der Waals surface area contributed by atoms with Crippen LogP contribution in [0.3, 0.4) is 0 Å². The number of halogens is 2. The molecule has 4 aromatic rings. The number of thiazole rings is 1. The number of rotatable bonds is 12. The molecular formula is C35H34Br2N2O7S. The van der Waals surface area contributed by atoms with Crippen molar-refractivity contribution in [2.75, 3.05) is 26.9 Å². The van der Waals surface area contributed by atoms with Gasteiger partial charge in [-0.15, -0.1) is 0 Å². The largest absolute Gasteiger partial charge is 0.493 e. The van der Waals surface area contributed by atoms with Gasteiger partial charge in [-0.1, -0.05) is 51.5 Å². The highest BCUT2D eigenvalue weighted by molar-refractivity contribution is 9.10. The molecule has 12 heteroatoms. The number of ether oxygens (including phenoxy) is 5.